The standard InChI is InChI=1S/C29H33ClFN3O4S/c1-5-26(29(36)32-6-2)33(18-22-12-14-23(31)15-13-22)28(35)19-34(27-9-7-8-25(30)21(27)4)39(37,38)24-16-10-20(3)11-17-24/h7-17,26H,5-6,18-19H2,1-4H3,(H,32,36)/t26-/m0/s1. The van der Waals surface area contributed by atoms with Crippen LogP contribution in [-0.2, 0) is 26.2 Å². The number of carbonyl (C=O) groups is 2. The second kappa shape index (κ2) is 13.1. The van der Waals surface area contributed by atoms with Gasteiger partial charge in [0.2, 0.25) is 11.8 Å². The minimum absolute atomic E-state index is 0.0122. The molecule has 1 N–H and O–H groups in total. The van der Waals surface area contributed by atoms with Gasteiger partial charge in [-0.3, -0.25) is 13.9 Å². The zero-order chi connectivity index (χ0) is 28.7. The maximum absolute atomic E-state index is 14.0. The van der Waals surface area contributed by atoms with Crippen LogP contribution in [0, 0.1) is 19.7 Å². The van der Waals surface area contributed by atoms with Crippen LogP contribution in [0.25, 0.3) is 0 Å². The number of benzene rings is 3. The first kappa shape index (κ1) is 30.1. The Morgan fingerprint density at radius 1 is 0.974 bits per heavy atom. The first-order valence-electron chi connectivity index (χ1n) is 12.7. The van der Waals surface area contributed by atoms with Crippen LogP contribution >= 0.6 is 11.6 Å². The molecule has 208 valence electrons. The van der Waals surface area contributed by atoms with Crippen LogP contribution in [0.5, 0.6) is 0 Å². The molecular weight excluding hydrogens is 541 g/mol. The molecule has 0 aliphatic carbocycles. The summed E-state index contributed by atoms with van der Waals surface area (Å²) in [5.41, 5.74) is 2.22. The van der Waals surface area contributed by atoms with E-state index in [9.17, 15) is 22.4 Å². The fraction of sp³-hybridized carbons (Fsp3) is 0.310. The third-order valence-corrected chi connectivity index (χ3v) is 8.58. The Morgan fingerprint density at radius 3 is 2.21 bits per heavy atom. The molecule has 3 aromatic rings. The van der Waals surface area contributed by atoms with Crippen molar-refractivity contribution < 1.29 is 22.4 Å². The number of anilines is 1. The van der Waals surface area contributed by atoms with Gasteiger partial charge in [-0.05, 0) is 74.7 Å². The summed E-state index contributed by atoms with van der Waals surface area (Å²) in [5.74, 6) is -1.38. The number of rotatable bonds is 11. The van der Waals surface area contributed by atoms with Gasteiger partial charge in [-0.15, -0.1) is 0 Å². The van der Waals surface area contributed by atoms with Gasteiger partial charge in [-0.25, -0.2) is 12.8 Å². The Hall–Kier alpha value is -3.43. The van der Waals surface area contributed by atoms with E-state index in [1.807, 2.05) is 6.92 Å². The van der Waals surface area contributed by atoms with Crippen molar-refractivity contribution in [2.24, 2.45) is 0 Å². The third kappa shape index (κ3) is 7.16. The second-order valence-electron chi connectivity index (χ2n) is 9.18. The molecule has 39 heavy (non-hydrogen) atoms. The van der Waals surface area contributed by atoms with Crippen molar-refractivity contribution in [2.45, 2.75) is 51.6 Å². The van der Waals surface area contributed by atoms with E-state index in [4.69, 9.17) is 11.6 Å². The summed E-state index contributed by atoms with van der Waals surface area (Å²) in [4.78, 5) is 28.3. The summed E-state index contributed by atoms with van der Waals surface area (Å²) in [6.07, 6.45) is 0.291. The predicted molar refractivity (Wildman–Crippen MR) is 152 cm³/mol. The van der Waals surface area contributed by atoms with E-state index in [1.165, 1.54) is 41.3 Å². The number of nitrogens with one attached hydrogen (secondary N) is 1. The molecule has 0 fully saturated rings. The molecule has 0 bridgehead atoms. The molecule has 0 heterocycles. The Labute approximate surface area is 234 Å². The van der Waals surface area contributed by atoms with Gasteiger partial charge < -0.3 is 10.2 Å². The minimum Gasteiger partial charge on any atom is -0.355 e. The maximum Gasteiger partial charge on any atom is 0.264 e. The van der Waals surface area contributed by atoms with E-state index in [0.717, 1.165) is 9.87 Å². The van der Waals surface area contributed by atoms with Gasteiger partial charge in [0.05, 0.1) is 10.6 Å². The average Bonchev–Trinajstić information content (AvgIpc) is 2.90. The van der Waals surface area contributed by atoms with Crippen molar-refractivity contribution in [1.82, 2.24) is 10.2 Å². The number of likely N-dealkylation sites (N-methyl/N-ethyl adjacent to an activating group) is 1. The zero-order valence-electron chi connectivity index (χ0n) is 22.4. The lowest BCUT2D eigenvalue weighted by atomic mass is 10.1. The number of aryl methyl sites for hydroxylation is 1. The lowest BCUT2D eigenvalue weighted by Crippen LogP contribution is -2.52. The number of nitrogens with zero attached hydrogens (tertiary/aromatic N) is 2. The summed E-state index contributed by atoms with van der Waals surface area (Å²) in [5, 5.41) is 3.10. The zero-order valence-corrected chi connectivity index (χ0v) is 24.0. The highest BCUT2D eigenvalue weighted by molar-refractivity contribution is 7.92. The molecule has 0 aliphatic heterocycles. The Balaban J connectivity index is 2.10. The Bertz CT molecular complexity index is 1410. The topological polar surface area (TPSA) is 86.8 Å². The van der Waals surface area contributed by atoms with Crippen molar-refractivity contribution >= 4 is 39.1 Å². The second-order valence-corrected chi connectivity index (χ2v) is 11.4. The number of amides is 2. The summed E-state index contributed by atoms with van der Waals surface area (Å²) in [6.45, 7) is 6.85. The lowest BCUT2D eigenvalue weighted by molar-refractivity contribution is -0.140. The number of hydrogen-bond acceptors (Lipinski definition) is 4. The van der Waals surface area contributed by atoms with Gasteiger partial charge in [-0.2, -0.15) is 0 Å². The van der Waals surface area contributed by atoms with Gasteiger partial charge in [0.25, 0.3) is 10.0 Å². The van der Waals surface area contributed by atoms with Gasteiger partial charge in [-0.1, -0.05) is 54.4 Å². The fourth-order valence-corrected chi connectivity index (χ4v) is 5.86. The fourth-order valence-electron chi connectivity index (χ4n) is 4.22. The SMILES string of the molecule is CCNC(=O)[C@H](CC)N(Cc1ccc(F)cc1)C(=O)CN(c1cccc(Cl)c1C)S(=O)(=O)c1ccc(C)cc1. The van der Waals surface area contributed by atoms with Crippen LogP contribution in [-0.4, -0.2) is 44.3 Å². The van der Waals surface area contributed by atoms with Crippen molar-refractivity contribution in [3.05, 3.63) is 94.3 Å². The van der Waals surface area contributed by atoms with Crippen molar-refractivity contribution in [2.75, 3.05) is 17.4 Å². The molecule has 0 saturated carbocycles. The van der Waals surface area contributed by atoms with Crippen LogP contribution < -0.4 is 9.62 Å². The monoisotopic (exact) mass is 573 g/mol. The number of carbonyl (C=O) groups excluding carboxylic acids is 2. The predicted octanol–water partition coefficient (Wildman–Crippen LogP) is 5.23. The summed E-state index contributed by atoms with van der Waals surface area (Å²) in [6, 6.07) is 15.9. The smallest absolute Gasteiger partial charge is 0.264 e. The van der Waals surface area contributed by atoms with E-state index >= 15 is 0 Å². The highest BCUT2D eigenvalue weighted by Crippen LogP contribution is 2.31. The highest BCUT2D eigenvalue weighted by Gasteiger charge is 2.34. The van der Waals surface area contributed by atoms with Crippen molar-refractivity contribution in [1.29, 1.82) is 0 Å². The molecule has 3 aromatic carbocycles. The van der Waals surface area contributed by atoms with Crippen LogP contribution in [0.15, 0.2) is 71.6 Å². The van der Waals surface area contributed by atoms with Gasteiger partial charge in [0, 0.05) is 18.1 Å². The van der Waals surface area contributed by atoms with Gasteiger partial charge >= 0.3 is 0 Å². The summed E-state index contributed by atoms with van der Waals surface area (Å²) in [7, 11) is -4.20. The quantitative estimate of drug-likeness (QED) is 0.340. The average molecular weight is 574 g/mol. The van der Waals surface area contributed by atoms with Gasteiger partial charge in [0.15, 0.2) is 0 Å². The molecule has 1 atom stereocenters. The molecule has 0 aromatic heterocycles. The van der Waals surface area contributed by atoms with E-state index in [2.05, 4.69) is 5.32 Å². The molecule has 0 saturated heterocycles. The number of hydrogen-bond donors (Lipinski definition) is 1. The molecule has 0 aliphatic rings. The normalized spacial score (nSPS) is 12.1. The van der Waals surface area contributed by atoms with E-state index in [1.54, 1.807) is 51.1 Å². The molecule has 2 amide bonds. The van der Waals surface area contributed by atoms with Crippen molar-refractivity contribution in [3.8, 4) is 0 Å². The lowest BCUT2D eigenvalue weighted by Gasteiger charge is -2.33. The van der Waals surface area contributed by atoms with E-state index in [-0.39, 0.29) is 23.0 Å². The number of sulfonamides is 1. The molecule has 10 heteroatoms. The molecule has 3 rings (SSSR count). The van der Waals surface area contributed by atoms with Crippen molar-refractivity contribution in [3.63, 3.8) is 0 Å². The van der Waals surface area contributed by atoms with E-state index in [0.29, 0.717) is 29.1 Å². The first-order chi connectivity index (χ1) is 18.5. The molecule has 0 unspecified atom stereocenters. The van der Waals surface area contributed by atoms with Crippen LogP contribution in [0.3, 0.4) is 0 Å². The highest BCUT2D eigenvalue weighted by atomic mass is 35.5. The van der Waals surface area contributed by atoms with Crippen LogP contribution in [0.4, 0.5) is 10.1 Å². The van der Waals surface area contributed by atoms with E-state index < -0.39 is 34.3 Å². The maximum atomic E-state index is 14.0. The largest absolute Gasteiger partial charge is 0.355 e. The summed E-state index contributed by atoms with van der Waals surface area (Å²) >= 11 is 6.34. The molecule has 0 radical (unpaired) electrons. The Kier molecular flexibility index (Phi) is 10.1. The number of halogens is 2. The summed E-state index contributed by atoms with van der Waals surface area (Å²) < 4.78 is 42.4. The minimum atomic E-state index is -4.20. The Morgan fingerprint density at radius 2 is 1.62 bits per heavy atom. The van der Waals surface area contributed by atoms with Crippen LogP contribution in [0.2, 0.25) is 5.02 Å². The molecule has 7 nitrogen and oxygen atoms in total. The van der Waals surface area contributed by atoms with Crippen LogP contribution in [0.1, 0.15) is 37.0 Å². The molecular formula is C29H33ClFN3O4S. The molecule has 0 spiro atoms. The van der Waals surface area contributed by atoms with Gasteiger partial charge in [0.1, 0.15) is 18.4 Å². The first-order valence-corrected chi connectivity index (χ1v) is 14.5. The third-order valence-electron chi connectivity index (χ3n) is 6.40.